The van der Waals surface area contributed by atoms with Crippen LogP contribution in [0.5, 0.6) is 0 Å². The molecule has 0 N–H and O–H groups in total. The van der Waals surface area contributed by atoms with Crippen LogP contribution in [0.3, 0.4) is 0 Å². The van der Waals surface area contributed by atoms with Crippen LogP contribution in [-0.4, -0.2) is 37.2 Å². The average molecular weight is 1130 g/mol. The Kier molecular flexibility index (Phi) is 68.0. The molecule has 474 valence electrons. The number of allylic oxidation sites excluding steroid dienone is 2. The number of hydrogen-bond acceptors (Lipinski definition) is 6. The normalized spacial score (nSPS) is 12.0. The first-order valence-corrected chi connectivity index (χ1v) is 36.7. The Hall–Kier alpha value is -1.85. The number of hydrogen-bond donors (Lipinski definition) is 0. The zero-order chi connectivity index (χ0) is 57.8. The van der Waals surface area contributed by atoms with Gasteiger partial charge in [-0.1, -0.05) is 373 Å². The van der Waals surface area contributed by atoms with Gasteiger partial charge in [-0.15, -0.1) is 0 Å². The molecule has 0 amide bonds. The summed E-state index contributed by atoms with van der Waals surface area (Å²) in [6.07, 6.45) is 84.5. The van der Waals surface area contributed by atoms with E-state index in [4.69, 9.17) is 14.2 Å². The largest absolute Gasteiger partial charge is 0.462 e. The molecular weight excluding hydrogens is 985 g/mol. The summed E-state index contributed by atoms with van der Waals surface area (Å²) < 4.78 is 16.9. The molecule has 0 aliphatic heterocycles. The molecule has 0 aliphatic carbocycles. The van der Waals surface area contributed by atoms with Gasteiger partial charge in [-0.2, -0.15) is 0 Å². The second-order valence-corrected chi connectivity index (χ2v) is 25.2. The Morgan fingerprint density at radius 1 is 0.237 bits per heavy atom. The lowest BCUT2D eigenvalue weighted by atomic mass is 10.0. The van der Waals surface area contributed by atoms with Crippen LogP contribution >= 0.6 is 0 Å². The van der Waals surface area contributed by atoms with Gasteiger partial charge in [0, 0.05) is 19.3 Å². The maximum Gasteiger partial charge on any atom is 0.306 e. The maximum absolute atomic E-state index is 12.9. The number of carbonyl (C=O) groups excluding carboxylic acids is 3. The van der Waals surface area contributed by atoms with E-state index in [-0.39, 0.29) is 31.1 Å². The van der Waals surface area contributed by atoms with Crippen molar-refractivity contribution in [3.05, 3.63) is 12.2 Å². The third-order valence-corrected chi connectivity index (χ3v) is 17.0. The lowest BCUT2D eigenvalue weighted by Gasteiger charge is -2.18. The lowest BCUT2D eigenvalue weighted by molar-refractivity contribution is -0.167. The summed E-state index contributed by atoms with van der Waals surface area (Å²) >= 11 is 0. The summed E-state index contributed by atoms with van der Waals surface area (Å²) in [5.41, 5.74) is 0. The molecular formula is C74H142O6. The summed E-state index contributed by atoms with van der Waals surface area (Å²) in [4.78, 5) is 38.1. The van der Waals surface area contributed by atoms with Crippen LogP contribution in [0.15, 0.2) is 12.2 Å². The molecule has 0 heterocycles. The van der Waals surface area contributed by atoms with Crippen LogP contribution in [-0.2, 0) is 28.6 Å². The molecule has 80 heavy (non-hydrogen) atoms. The van der Waals surface area contributed by atoms with E-state index in [2.05, 4.69) is 32.9 Å². The number of ether oxygens (including phenoxy) is 3. The number of carbonyl (C=O) groups is 3. The van der Waals surface area contributed by atoms with E-state index in [1.54, 1.807) is 0 Å². The molecule has 0 saturated heterocycles. The summed E-state index contributed by atoms with van der Waals surface area (Å²) in [5.74, 6) is -0.840. The predicted octanol–water partition coefficient (Wildman–Crippen LogP) is 25.2. The first-order chi connectivity index (χ1) is 39.5. The molecule has 0 aliphatic rings. The van der Waals surface area contributed by atoms with Gasteiger partial charge >= 0.3 is 17.9 Å². The Morgan fingerprint density at radius 2 is 0.412 bits per heavy atom. The van der Waals surface area contributed by atoms with E-state index in [0.717, 1.165) is 57.8 Å². The standard InChI is InChI=1S/C74H142O6/c1-4-7-10-13-16-18-20-22-24-26-28-30-32-34-35-36-37-38-39-41-42-44-46-48-50-52-54-56-58-61-64-67-73(76)79-70-71(69-78-72(75)66-63-60-15-12-9-6-3)80-74(77)68-65-62-59-57-55-53-51-49-47-45-43-40-33-31-29-27-25-23-21-19-17-14-11-8-5-2/h26,28,71H,4-25,27,29-70H2,1-3H3/b28-26-. The monoisotopic (exact) mass is 1130 g/mol. The molecule has 1 unspecified atom stereocenters. The summed E-state index contributed by atoms with van der Waals surface area (Å²) in [5, 5.41) is 0. The van der Waals surface area contributed by atoms with Crippen molar-refractivity contribution in [1.82, 2.24) is 0 Å². The third kappa shape index (κ3) is 66.9. The highest BCUT2D eigenvalue weighted by atomic mass is 16.6. The molecule has 0 bridgehead atoms. The van der Waals surface area contributed by atoms with Gasteiger partial charge in [-0.05, 0) is 44.9 Å². The second kappa shape index (κ2) is 69.6. The van der Waals surface area contributed by atoms with Gasteiger partial charge in [0.2, 0.25) is 0 Å². The van der Waals surface area contributed by atoms with Gasteiger partial charge in [0.1, 0.15) is 13.2 Å². The van der Waals surface area contributed by atoms with Crippen molar-refractivity contribution in [2.24, 2.45) is 0 Å². The summed E-state index contributed by atoms with van der Waals surface area (Å²) in [6.45, 7) is 6.67. The van der Waals surface area contributed by atoms with Crippen LogP contribution in [0.1, 0.15) is 425 Å². The minimum atomic E-state index is -0.763. The van der Waals surface area contributed by atoms with E-state index < -0.39 is 6.10 Å². The zero-order valence-corrected chi connectivity index (χ0v) is 54.6. The third-order valence-electron chi connectivity index (χ3n) is 17.0. The smallest absolute Gasteiger partial charge is 0.306 e. The van der Waals surface area contributed by atoms with Crippen molar-refractivity contribution in [2.45, 2.75) is 431 Å². The van der Waals surface area contributed by atoms with Crippen LogP contribution < -0.4 is 0 Å². The van der Waals surface area contributed by atoms with Gasteiger partial charge in [0.15, 0.2) is 6.10 Å². The second-order valence-electron chi connectivity index (χ2n) is 25.2. The molecule has 0 radical (unpaired) electrons. The Balaban J connectivity index is 3.92. The maximum atomic E-state index is 12.9. The van der Waals surface area contributed by atoms with Crippen molar-refractivity contribution in [3.8, 4) is 0 Å². The molecule has 0 saturated carbocycles. The van der Waals surface area contributed by atoms with E-state index in [1.165, 1.54) is 327 Å². The van der Waals surface area contributed by atoms with Crippen molar-refractivity contribution in [1.29, 1.82) is 0 Å². The first-order valence-electron chi connectivity index (χ1n) is 36.7. The van der Waals surface area contributed by atoms with Gasteiger partial charge in [0.25, 0.3) is 0 Å². The highest BCUT2D eigenvalue weighted by Crippen LogP contribution is 2.19. The zero-order valence-electron chi connectivity index (χ0n) is 54.6. The van der Waals surface area contributed by atoms with Crippen molar-refractivity contribution < 1.29 is 28.6 Å². The van der Waals surface area contributed by atoms with Crippen molar-refractivity contribution in [3.63, 3.8) is 0 Å². The summed E-state index contributed by atoms with van der Waals surface area (Å²) in [7, 11) is 0. The van der Waals surface area contributed by atoms with E-state index in [1.807, 2.05) is 0 Å². The Morgan fingerprint density at radius 3 is 0.625 bits per heavy atom. The average Bonchev–Trinajstić information content (AvgIpc) is 3.46. The van der Waals surface area contributed by atoms with E-state index >= 15 is 0 Å². The van der Waals surface area contributed by atoms with Crippen LogP contribution in [0.25, 0.3) is 0 Å². The summed E-state index contributed by atoms with van der Waals surface area (Å²) in [6, 6.07) is 0. The van der Waals surface area contributed by atoms with Gasteiger partial charge < -0.3 is 14.2 Å². The minimum Gasteiger partial charge on any atom is -0.462 e. The van der Waals surface area contributed by atoms with Crippen molar-refractivity contribution >= 4 is 17.9 Å². The highest BCUT2D eigenvalue weighted by Gasteiger charge is 2.20. The van der Waals surface area contributed by atoms with Gasteiger partial charge in [-0.3, -0.25) is 14.4 Å². The molecule has 0 spiro atoms. The van der Waals surface area contributed by atoms with Crippen LogP contribution in [0.4, 0.5) is 0 Å². The fourth-order valence-corrected chi connectivity index (χ4v) is 11.5. The molecule has 0 aromatic carbocycles. The highest BCUT2D eigenvalue weighted by molar-refractivity contribution is 5.71. The van der Waals surface area contributed by atoms with Crippen LogP contribution in [0, 0.1) is 0 Å². The fourth-order valence-electron chi connectivity index (χ4n) is 11.5. The van der Waals surface area contributed by atoms with Gasteiger partial charge in [0.05, 0.1) is 0 Å². The Bertz CT molecular complexity index is 1250. The number of rotatable bonds is 69. The number of unbranched alkanes of at least 4 members (excludes halogenated alkanes) is 56. The molecule has 6 nitrogen and oxygen atoms in total. The fraction of sp³-hybridized carbons (Fsp3) is 0.932. The van der Waals surface area contributed by atoms with Crippen molar-refractivity contribution in [2.75, 3.05) is 13.2 Å². The molecule has 0 fully saturated rings. The minimum absolute atomic E-state index is 0.0631. The Labute approximate surface area is 501 Å². The molecule has 0 aromatic rings. The SMILES string of the molecule is CCCCCCCCCC/C=C\CCCCCCCCCCCCCCCCCCCCCC(=O)OCC(COC(=O)CCCCCCCC)OC(=O)CCCCCCCCCCCCCCCCCCCCCCCCCCC. The molecule has 6 heteroatoms. The first kappa shape index (κ1) is 78.1. The molecule has 0 rings (SSSR count). The number of esters is 3. The quantitative estimate of drug-likeness (QED) is 0.0261. The molecule has 0 aromatic heterocycles. The van der Waals surface area contributed by atoms with Gasteiger partial charge in [-0.25, -0.2) is 0 Å². The lowest BCUT2D eigenvalue weighted by Crippen LogP contribution is -2.30. The van der Waals surface area contributed by atoms with E-state index in [9.17, 15) is 14.4 Å². The van der Waals surface area contributed by atoms with E-state index in [0.29, 0.717) is 19.3 Å². The molecule has 1 atom stereocenters. The van der Waals surface area contributed by atoms with Crippen LogP contribution in [0.2, 0.25) is 0 Å². The predicted molar refractivity (Wildman–Crippen MR) is 349 cm³/mol. The topological polar surface area (TPSA) is 78.9 Å².